The SMILES string of the molecule is Cl.O=[SH](=O)NCc1cccc(C2(F)CCN(CCOc3ccccc3)CC2)c1. The average Bonchev–Trinajstić information content (AvgIpc) is 2.69. The first kappa shape index (κ1) is 22.6. The number of piperidine rings is 1. The van der Waals surface area contributed by atoms with Crippen LogP contribution in [0.5, 0.6) is 5.75 Å². The van der Waals surface area contributed by atoms with E-state index in [2.05, 4.69) is 9.62 Å². The van der Waals surface area contributed by atoms with E-state index < -0.39 is 16.6 Å². The standard InChI is InChI=1S/C20H25FN2O3S.ClH/c21-20(18-6-4-5-17(15-18)16-22-27(24)25)9-11-23(12-10-20)13-14-26-19-7-2-1-3-8-19;/h1-8,15,27H,9-14,16H2,(H,22,24,25);1H. The van der Waals surface area contributed by atoms with Crippen LogP contribution in [0.1, 0.15) is 24.0 Å². The van der Waals surface area contributed by atoms with Gasteiger partial charge in [0.2, 0.25) is 10.9 Å². The third-order valence-electron chi connectivity index (χ3n) is 4.92. The predicted molar refractivity (Wildman–Crippen MR) is 111 cm³/mol. The van der Waals surface area contributed by atoms with Gasteiger partial charge in [-0.3, -0.25) is 4.90 Å². The summed E-state index contributed by atoms with van der Waals surface area (Å²) in [5.74, 6) is 0.847. The van der Waals surface area contributed by atoms with Crippen molar-refractivity contribution in [2.24, 2.45) is 0 Å². The molecule has 1 N–H and O–H groups in total. The van der Waals surface area contributed by atoms with E-state index in [9.17, 15) is 8.42 Å². The predicted octanol–water partition coefficient (Wildman–Crippen LogP) is 3.06. The Balaban J connectivity index is 0.00000280. The van der Waals surface area contributed by atoms with Gasteiger partial charge in [-0.1, -0.05) is 42.5 Å². The summed E-state index contributed by atoms with van der Waals surface area (Å²) in [4.78, 5) is 2.22. The molecule has 28 heavy (non-hydrogen) atoms. The number of likely N-dealkylation sites (tertiary alicyclic amines) is 1. The van der Waals surface area contributed by atoms with Crippen LogP contribution in [0.15, 0.2) is 54.6 Å². The Labute approximate surface area is 173 Å². The number of hydrogen-bond acceptors (Lipinski definition) is 4. The molecule has 0 atom stereocenters. The van der Waals surface area contributed by atoms with Gasteiger partial charge in [0, 0.05) is 26.2 Å². The highest BCUT2D eigenvalue weighted by Crippen LogP contribution is 2.37. The Morgan fingerprint density at radius 1 is 1.07 bits per heavy atom. The second kappa shape index (κ2) is 10.8. The van der Waals surface area contributed by atoms with E-state index in [1.807, 2.05) is 30.3 Å². The Bertz CT molecular complexity index is 804. The van der Waals surface area contributed by atoms with Crippen LogP contribution in [0.25, 0.3) is 0 Å². The molecule has 0 saturated carbocycles. The van der Waals surface area contributed by atoms with Crippen molar-refractivity contribution in [3.8, 4) is 5.75 Å². The van der Waals surface area contributed by atoms with E-state index in [4.69, 9.17) is 4.74 Å². The van der Waals surface area contributed by atoms with Crippen molar-refractivity contribution >= 4 is 23.3 Å². The van der Waals surface area contributed by atoms with E-state index in [0.717, 1.165) is 17.9 Å². The molecule has 0 aromatic heterocycles. The van der Waals surface area contributed by atoms with Crippen LogP contribution in [0.3, 0.4) is 0 Å². The molecule has 154 valence electrons. The van der Waals surface area contributed by atoms with Gasteiger partial charge in [0.05, 0.1) is 0 Å². The monoisotopic (exact) mass is 428 g/mol. The smallest absolute Gasteiger partial charge is 0.201 e. The summed E-state index contributed by atoms with van der Waals surface area (Å²) in [7, 11) is -2.65. The Hall–Kier alpha value is -1.67. The van der Waals surface area contributed by atoms with Crippen LogP contribution in [0.2, 0.25) is 0 Å². The molecular formula is C20H26ClFN2O3S. The second-order valence-electron chi connectivity index (χ2n) is 6.76. The third-order valence-corrected chi connectivity index (χ3v) is 5.34. The van der Waals surface area contributed by atoms with Crippen molar-refractivity contribution in [1.82, 2.24) is 9.62 Å². The van der Waals surface area contributed by atoms with Crippen molar-refractivity contribution < 1.29 is 17.5 Å². The molecule has 0 spiro atoms. The molecule has 0 amide bonds. The fourth-order valence-corrected chi connectivity index (χ4v) is 3.66. The first-order chi connectivity index (χ1) is 13.0. The lowest BCUT2D eigenvalue weighted by Gasteiger charge is -2.36. The van der Waals surface area contributed by atoms with Crippen molar-refractivity contribution in [2.45, 2.75) is 25.1 Å². The topological polar surface area (TPSA) is 58.6 Å². The van der Waals surface area contributed by atoms with Crippen molar-refractivity contribution in [3.05, 3.63) is 65.7 Å². The summed E-state index contributed by atoms with van der Waals surface area (Å²) in [5.41, 5.74) is 0.0254. The molecule has 2 aromatic carbocycles. The number of benzene rings is 2. The highest BCUT2D eigenvalue weighted by atomic mass is 35.5. The molecule has 1 aliphatic rings. The molecule has 5 nitrogen and oxygen atoms in total. The Morgan fingerprint density at radius 2 is 1.79 bits per heavy atom. The van der Waals surface area contributed by atoms with Gasteiger partial charge >= 0.3 is 0 Å². The quantitative estimate of drug-likeness (QED) is 0.634. The zero-order valence-electron chi connectivity index (χ0n) is 15.6. The number of nitrogens with zero attached hydrogens (tertiary/aromatic N) is 1. The minimum Gasteiger partial charge on any atom is -0.492 e. The summed E-state index contributed by atoms with van der Waals surface area (Å²) in [6.07, 6.45) is 0.843. The number of ether oxygens (including phenoxy) is 1. The minimum absolute atomic E-state index is 0. The van der Waals surface area contributed by atoms with Gasteiger partial charge in [0.1, 0.15) is 18.0 Å². The number of para-hydroxylation sites is 1. The van der Waals surface area contributed by atoms with Crippen LogP contribution < -0.4 is 9.46 Å². The minimum atomic E-state index is -2.65. The average molecular weight is 429 g/mol. The van der Waals surface area contributed by atoms with Gasteiger partial charge in [0.25, 0.3) is 0 Å². The number of halogens is 2. The zero-order valence-corrected chi connectivity index (χ0v) is 17.3. The Morgan fingerprint density at radius 3 is 2.46 bits per heavy atom. The van der Waals surface area contributed by atoms with Gasteiger partial charge < -0.3 is 4.74 Å². The summed E-state index contributed by atoms with van der Waals surface area (Å²) >= 11 is 0. The summed E-state index contributed by atoms with van der Waals surface area (Å²) in [6, 6.07) is 16.8. The lowest BCUT2D eigenvalue weighted by atomic mass is 9.85. The molecule has 0 aliphatic carbocycles. The molecule has 8 heteroatoms. The molecule has 0 radical (unpaired) electrons. The van der Waals surface area contributed by atoms with Gasteiger partial charge in [-0.25, -0.2) is 17.5 Å². The van der Waals surface area contributed by atoms with Gasteiger partial charge in [-0.05, 0) is 36.1 Å². The van der Waals surface area contributed by atoms with Crippen LogP contribution >= 0.6 is 12.4 Å². The second-order valence-corrected chi connectivity index (χ2v) is 7.59. The molecule has 0 unspecified atom stereocenters. The molecule has 1 fully saturated rings. The largest absolute Gasteiger partial charge is 0.492 e. The number of rotatable bonds is 8. The maximum absolute atomic E-state index is 15.4. The number of alkyl halides is 1. The highest BCUT2D eigenvalue weighted by Gasteiger charge is 2.36. The van der Waals surface area contributed by atoms with E-state index in [-0.39, 0.29) is 19.0 Å². The number of hydrogen-bond donors (Lipinski definition) is 2. The molecule has 0 bridgehead atoms. The summed E-state index contributed by atoms with van der Waals surface area (Å²) in [5, 5.41) is 0. The van der Waals surface area contributed by atoms with Crippen molar-refractivity contribution in [3.63, 3.8) is 0 Å². The summed E-state index contributed by atoms with van der Waals surface area (Å²) < 4.78 is 44.9. The van der Waals surface area contributed by atoms with Crippen LogP contribution in [-0.2, 0) is 23.1 Å². The highest BCUT2D eigenvalue weighted by molar-refractivity contribution is 7.70. The molecule has 2 aromatic rings. The Kier molecular flexibility index (Phi) is 8.69. The normalized spacial score (nSPS) is 16.5. The van der Waals surface area contributed by atoms with E-state index >= 15 is 4.39 Å². The molecule has 3 rings (SSSR count). The third kappa shape index (κ3) is 6.44. The molecular weight excluding hydrogens is 403 g/mol. The van der Waals surface area contributed by atoms with E-state index in [1.165, 1.54) is 0 Å². The maximum Gasteiger partial charge on any atom is 0.201 e. The first-order valence-electron chi connectivity index (χ1n) is 9.12. The maximum atomic E-state index is 15.4. The molecule has 1 heterocycles. The zero-order chi connectivity index (χ0) is 19.1. The molecule has 1 aliphatic heterocycles. The molecule has 1 saturated heterocycles. The lowest BCUT2D eigenvalue weighted by Crippen LogP contribution is -2.41. The van der Waals surface area contributed by atoms with Crippen molar-refractivity contribution in [2.75, 3.05) is 26.2 Å². The van der Waals surface area contributed by atoms with Crippen LogP contribution in [0.4, 0.5) is 4.39 Å². The summed E-state index contributed by atoms with van der Waals surface area (Å²) in [6.45, 7) is 2.88. The van der Waals surface area contributed by atoms with E-state index in [1.54, 1.807) is 24.3 Å². The fourth-order valence-electron chi connectivity index (χ4n) is 3.34. The van der Waals surface area contributed by atoms with E-state index in [0.29, 0.717) is 38.1 Å². The fraction of sp³-hybridized carbons (Fsp3) is 0.400. The van der Waals surface area contributed by atoms with Crippen molar-refractivity contribution in [1.29, 1.82) is 0 Å². The number of thiol groups is 1. The van der Waals surface area contributed by atoms with Crippen LogP contribution in [0, 0.1) is 0 Å². The first-order valence-corrected chi connectivity index (χ1v) is 10.3. The lowest BCUT2D eigenvalue weighted by molar-refractivity contribution is 0.0500. The van der Waals surface area contributed by atoms with Gasteiger partial charge in [-0.15, -0.1) is 12.4 Å². The van der Waals surface area contributed by atoms with Gasteiger partial charge in [-0.2, -0.15) is 0 Å². The number of nitrogens with one attached hydrogen (secondary N) is 1. The van der Waals surface area contributed by atoms with Gasteiger partial charge in [0.15, 0.2) is 0 Å². The van der Waals surface area contributed by atoms with Crippen LogP contribution in [-0.4, -0.2) is 39.6 Å².